The first-order valence-corrected chi connectivity index (χ1v) is 9.68. The highest BCUT2D eigenvalue weighted by atomic mass is 16.5. The number of para-hydroxylation sites is 1. The van der Waals surface area contributed by atoms with Crippen molar-refractivity contribution < 1.29 is 4.74 Å². The molecule has 2 rings (SSSR count). The molecule has 0 radical (unpaired) electrons. The van der Waals surface area contributed by atoms with Crippen molar-refractivity contribution in [3.63, 3.8) is 0 Å². The van der Waals surface area contributed by atoms with E-state index in [0.717, 1.165) is 36.9 Å². The van der Waals surface area contributed by atoms with Crippen molar-refractivity contribution >= 4 is 5.96 Å². The van der Waals surface area contributed by atoms with Gasteiger partial charge in [-0.25, -0.2) is 0 Å². The lowest BCUT2D eigenvalue weighted by Gasteiger charge is -2.24. The van der Waals surface area contributed by atoms with Crippen molar-refractivity contribution in [3.05, 3.63) is 29.8 Å². The monoisotopic (exact) mass is 361 g/mol. The molecule has 1 unspecified atom stereocenters. The lowest BCUT2D eigenvalue weighted by molar-refractivity contribution is 0.259. The van der Waals surface area contributed by atoms with Crippen LogP contribution in [0.15, 0.2) is 29.3 Å². The van der Waals surface area contributed by atoms with Crippen molar-refractivity contribution in [2.45, 2.75) is 32.4 Å². The molecule has 6 heteroatoms. The van der Waals surface area contributed by atoms with E-state index in [-0.39, 0.29) is 0 Å². The summed E-state index contributed by atoms with van der Waals surface area (Å²) in [6.45, 7) is 7.79. The van der Waals surface area contributed by atoms with Crippen LogP contribution >= 0.6 is 0 Å². The second kappa shape index (κ2) is 11.0. The number of ether oxygens (including phenoxy) is 1. The molecule has 0 spiro atoms. The van der Waals surface area contributed by atoms with E-state index in [1.807, 2.05) is 25.2 Å². The number of hydrogen-bond acceptors (Lipinski definition) is 4. The van der Waals surface area contributed by atoms with Crippen LogP contribution in [-0.4, -0.2) is 75.7 Å². The van der Waals surface area contributed by atoms with E-state index < -0.39 is 0 Å². The minimum Gasteiger partial charge on any atom is -0.492 e. The number of guanidine groups is 1. The van der Waals surface area contributed by atoms with Gasteiger partial charge in [-0.2, -0.15) is 0 Å². The Bertz CT molecular complexity index is 561. The predicted molar refractivity (Wildman–Crippen MR) is 109 cm³/mol. The van der Waals surface area contributed by atoms with E-state index in [0.29, 0.717) is 19.2 Å². The summed E-state index contributed by atoms with van der Waals surface area (Å²) in [5.74, 6) is 1.78. The Morgan fingerprint density at radius 3 is 2.85 bits per heavy atom. The van der Waals surface area contributed by atoms with Gasteiger partial charge in [-0.1, -0.05) is 25.1 Å². The van der Waals surface area contributed by atoms with Gasteiger partial charge in [-0.3, -0.25) is 9.89 Å². The van der Waals surface area contributed by atoms with Crippen LogP contribution < -0.4 is 15.4 Å². The molecule has 0 amide bonds. The Morgan fingerprint density at radius 2 is 2.12 bits per heavy atom. The molecule has 1 aromatic rings. The van der Waals surface area contributed by atoms with Gasteiger partial charge in [-0.15, -0.1) is 0 Å². The average Bonchev–Trinajstić information content (AvgIpc) is 3.10. The highest BCUT2D eigenvalue weighted by Gasteiger charge is 2.22. The Balaban J connectivity index is 1.82. The Hall–Kier alpha value is -1.79. The summed E-state index contributed by atoms with van der Waals surface area (Å²) >= 11 is 0. The summed E-state index contributed by atoms with van der Waals surface area (Å²) in [6.07, 6.45) is 2.56. The number of rotatable bonds is 9. The van der Waals surface area contributed by atoms with Crippen LogP contribution in [-0.2, 0) is 6.54 Å². The molecule has 2 N–H and O–H groups in total. The van der Waals surface area contributed by atoms with Gasteiger partial charge in [-0.05, 0) is 46.1 Å². The van der Waals surface area contributed by atoms with Crippen molar-refractivity contribution in [2.24, 2.45) is 4.99 Å². The first-order chi connectivity index (χ1) is 12.6. The van der Waals surface area contributed by atoms with E-state index in [1.165, 1.54) is 19.4 Å². The smallest absolute Gasteiger partial charge is 0.191 e. The van der Waals surface area contributed by atoms with Crippen molar-refractivity contribution in [1.29, 1.82) is 0 Å². The minimum atomic E-state index is 0.611. The van der Waals surface area contributed by atoms with Crippen molar-refractivity contribution in [3.8, 4) is 5.75 Å². The van der Waals surface area contributed by atoms with Crippen molar-refractivity contribution in [2.75, 3.05) is 53.9 Å². The molecule has 1 saturated heterocycles. The lowest BCUT2D eigenvalue weighted by Crippen LogP contribution is -2.44. The van der Waals surface area contributed by atoms with Crippen LogP contribution in [0.4, 0.5) is 0 Å². The minimum absolute atomic E-state index is 0.611. The first kappa shape index (κ1) is 20.5. The molecule has 0 bridgehead atoms. The Kier molecular flexibility index (Phi) is 8.71. The number of likely N-dealkylation sites (tertiary alicyclic amines) is 1. The van der Waals surface area contributed by atoms with Gasteiger partial charge < -0.3 is 20.3 Å². The first-order valence-electron chi connectivity index (χ1n) is 9.68. The van der Waals surface area contributed by atoms with Gasteiger partial charge in [0.05, 0.1) is 0 Å². The highest BCUT2D eigenvalue weighted by molar-refractivity contribution is 5.79. The number of nitrogens with one attached hydrogen (secondary N) is 2. The molecule has 1 aliphatic heterocycles. The maximum Gasteiger partial charge on any atom is 0.191 e. The normalized spacial score (nSPS) is 18.3. The maximum atomic E-state index is 5.94. The van der Waals surface area contributed by atoms with E-state index in [9.17, 15) is 0 Å². The molecule has 1 aromatic carbocycles. The molecule has 146 valence electrons. The molecule has 1 aliphatic rings. The highest BCUT2D eigenvalue weighted by Crippen LogP contribution is 2.18. The van der Waals surface area contributed by atoms with Crippen LogP contribution in [0, 0.1) is 0 Å². The fourth-order valence-electron chi connectivity index (χ4n) is 3.29. The fourth-order valence-corrected chi connectivity index (χ4v) is 3.29. The van der Waals surface area contributed by atoms with Gasteiger partial charge in [0, 0.05) is 38.3 Å². The van der Waals surface area contributed by atoms with Crippen LogP contribution in [0.3, 0.4) is 0 Å². The van der Waals surface area contributed by atoms with E-state index in [2.05, 4.69) is 52.5 Å². The average molecular weight is 362 g/mol. The molecule has 1 fully saturated rings. The summed E-state index contributed by atoms with van der Waals surface area (Å²) in [5.41, 5.74) is 1.14. The molecular weight excluding hydrogens is 326 g/mol. The number of nitrogens with zero attached hydrogens (tertiary/aromatic N) is 3. The van der Waals surface area contributed by atoms with Gasteiger partial charge in [0.25, 0.3) is 0 Å². The molecule has 26 heavy (non-hydrogen) atoms. The van der Waals surface area contributed by atoms with Crippen LogP contribution in [0.1, 0.15) is 25.3 Å². The molecule has 0 aromatic heterocycles. The van der Waals surface area contributed by atoms with Crippen LogP contribution in [0.5, 0.6) is 5.75 Å². The summed E-state index contributed by atoms with van der Waals surface area (Å²) in [7, 11) is 5.92. The fraction of sp³-hybridized carbons (Fsp3) is 0.650. The molecule has 6 nitrogen and oxygen atoms in total. The molecule has 1 heterocycles. The zero-order chi connectivity index (χ0) is 18.8. The quantitative estimate of drug-likeness (QED) is 0.519. The third-order valence-corrected chi connectivity index (χ3v) is 4.85. The Labute approximate surface area is 158 Å². The SMILES string of the molecule is CCN1CCCC1CNC(=NC)NCc1ccccc1OCCN(C)C. The molecule has 0 saturated carbocycles. The predicted octanol–water partition coefficient (Wildman–Crippen LogP) is 1.78. The second-order valence-corrected chi connectivity index (χ2v) is 6.99. The van der Waals surface area contributed by atoms with Gasteiger partial charge in [0.1, 0.15) is 12.4 Å². The summed E-state index contributed by atoms with van der Waals surface area (Å²) in [6, 6.07) is 8.80. The van der Waals surface area contributed by atoms with Crippen LogP contribution in [0.2, 0.25) is 0 Å². The van der Waals surface area contributed by atoms with Gasteiger partial charge in [0.2, 0.25) is 0 Å². The topological polar surface area (TPSA) is 52.1 Å². The van der Waals surface area contributed by atoms with Crippen molar-refractivity contribution in [1.82, 2.24) is 20.4 Å². The van der Waals surface area contributed by atoms with E-state index in [4.69, 9.17) is 4.74 Å². The molecular formula is C20H35N5O. The van der Waals surface area contributed by atoms with E-state index in [1.54, 1.807) is 0 Å². The lowest BCUT2D eigenvalue weighted by atomic mass is 10.2. The number of benzene rings is 1. The third-order valence-electron chi connectivity index (χ3n) is 4.85. The van der Waals surface area contributed by atoms with E-state index >= 15 is 0 Å². The number of hydrogen-bond donors (Lipinski definition) is 2. The number of likely N-dealkylation sites (N-methyl/N-ethyl adjacent to an activating group) is 2. The molecule has 1 atom stereocenters. The molecule has 0 aliphatic carbocycles. The summed E-state index contributed by atoms with van der Waals surface area (Å²) in [5, 5.41) is 6.89. The standard InChI is InChI=1S/C20H35N5O/c1-5-25-12-8-10-18(25)16-23-20(21-2)22-15-17-9-6-7-11-19(17)26-14-13-24(3)4/h6-7,9,11,18H,5,8,10,12-16H2,1-4H3,(H2,21,22,23). The van der Waals surface area contributed by atoms with Gasteiger partial charge in [0.15, 0.2) is 5.96 Å². The number of aliphatic imine (C=N–C) groups is 1. The van der Waals surface area contributed by atoms with Crippen LogP contribution in [0.25, 0.3) is 0 Å². The van der Waals surface area contributed by atoms with Gasteiger partial charge >= 0.3 is 0 Å². The Morgan fingerprint density at radius 1 is 1.31 bits per heavy atom. The zero-order valence-corrected chi connectivity index (χ0v) is 16.8. The summed E-state index contributed by atoms with van der Waals surface area (Å²) < 4.78 is 5.94. The maximum absolute atomic E-state index is 5.94. The largest absolute Gasteiger partial charge is 0.492 e. The third kappa shape index (κ3) is 6.50. The second-order valence-electron chi connectivity index (χ2n) is 6.99. The summed E-state index contributed by atoms with van der Waals surface area (Å²) in [4.78, 5) is 9.01. The zero-order valence-electron chi connectivity index (χ0n) is 16.8.